The van der Waals surface area contributed by atoms with E-state index in [2.05, 4.69) is 33.1 Å². The molecular formula is C20H23N5O2S2. The summed E-state index contributed by atoms with van der Waals surface area (Å²) in [5.41, 5.74) is 2.28. The number of benzene rings is 1. The van der Waals surface area contributed by atoms with E-state index >= 15 is 0 Å². The molecule has 1 aromatic carbocycles. The lowest BCUT2D eigenvalue weighted by molar-refractivity contribution is -0.113. The minimum Gasteiger partial charge on any atom is -0.483 e. The zero-order valence-electron chi connectivity index (χ0n) is 16.6. The second-order valence-corrected chi connectivity index (χ2v) is 8.33. The first-order valence-corrected chi connectivity index (χ1v) is 10.9. The van der Waals surface area contributed by atoms with Crippen molar-refractivity contribution in [2.45, 2.75) is 38.6 Å². The highest BCUT2D eigenvalue weighted by Crippen LogP contribution is 2.26. The largest absolute Gasteiger partial charge is 0.483 e. The molecule has 2 heterocycles. The average molecular weight is 430 g/mol. The Morgan fingerprint density at radius 3 is 2.76 bits per heavy atom. The number of amides is 1. The van der Waals surface area contributed by atoms with E-state index in [9.17, 15) is 4.79 Å². The molecule has 2 aromatic heterocycles. The van der Waals surface area contributed by atoms with Crippen LogP contribution in [-0.2, 0) is 11.3 Å². The maximum absolute atomic E-state index is 12.1. The van der Waals surface area contributed by atoms with E-state index in [-0.39, 0.29) is 17.8 Å². The zero-order valence-corrected chi connectivity index (χ0v) is 18.2. The van der Waals surface area contributed by atoms with Gasteiger partial charge in [0.1, 0.15) is 5.75 Å². The Morgan fingerprint density at radius 1 is 1.34 bits per heavy atom. The van der Waals surface area contributed by atoms with Crippen LogP contribution in [0.2, 0.25) is 0 Å². The van der Waals surface area contributed by atoms with Gasteiger partial charge in [-0.1, -0.05) is 23.9 Å². The van der Waals surface area contributed by atoms with Gasteiger partial charge in [0.2, 0.25) is 5.91 Å². The van der Waals surface area contributed by atoms with E-state index < -0.39 is 0 Å². The van der Waals surface area contributed by atoms with E-state index in [4.69, 9.17) is 4.74 Å². The molecule has 7 nitrogen and oxygen atoms in total. The molecule has 152 valence electrons. The number of nitrogens with zero attached hydrogens (tertiary/aromatic N) is 4. The van der Waals surface area contributed by atoms with Gasteiger partial charge >= 0.3 is 0 Å². The van der Waals surface area contributed by atoms with E-state index in [0.29, 0.717) is 22.7 Å². The molecule has 3 aromatic rings. The Hall–Kier alpha value is -2.65. The van der Waals surface area contributed by atoms with Crippen LogP contribution >= 0.6 is 23.1 Å². The molecular weight excluding hydrogens is 406 g/mol. The summed E-state index contributed by atoms with van der Waals surface area (Å²) < 4.78 is 8.02. The molecule has 1 N–H and O–H groups in total. The Kier molecular flexibility index (Phi) is 7.05. The van der Waals surface area contributed by atoms with Gasteiger partial charge in [-0.3, -0.25) is 9.36 Å². The molecule has 1 amide bonds. The molecule has 3 rings (SSSR count). The number of ether oxygens (including phenoxy) is 1. The number of thioether (sulfide) groups is 1. The first-order chi connectivity index (χ1) is 14.0. The number of anilines is 1. The van der Waals surface area contributed by atoms with Crippen molar-refractivity contribution in [2.75, 3.05) is 11.1 Å². The summed E-state index contributed by atoms with van der Waals surface area (Å²) in [5, 5.41) is 14.4. The van der Waals surface area contributed by atoms with E-state index in [1.165, 1.54) is 23.1 Å². The van der Waals surface area contributed by atoms with Crippen LogP contribution in [0.25, 0.3) is 0 Å². The summed E-state index contributed by atoms with van der Waals surface area (Å²) >= 11 is 2.70. The maximum Gasteiger partial charge on any atom is 0.236 e. The fourth-order valence-corrected chi connectivity index (χ4v) is 4.14. The molecule has 29 heavy (non-hydrogen) atoms. The smallest absolute Gasteiger partial charge is 0.236 e. The average Bonchev–Trinajstić information content (AvgIpc) is 3.29. The quantitative estimate of drug-likeness (QED) is 0.401. The second-order valence-electron chi connectivity index (χ2n) is 6.50. The van der Waals surface area contributed by atoms with Gasteiger partial charge in [-0.15, -0.1) is 28.1 Å². The van der Waals surface area contributed by atoms with Crippen molar-refractivity contribution < 1.29 is 9.53 Å². The topological polar surface area (TPSA) is 81.9 Å². The summed E-state index contributed by atoms with van der Waals surface area (Å²) in [6, 6.07) is 6.09. The second kappa shape index (κ2) is 9.71. The predicted octanol–water partition coefficient (Wildman–Crippen LogP) is 4.41. The van der Waals surface area contributed by atoms with Crippen molar-refractivity contribution in [1.29, 1.82) is 0 Å². The van der Waals surface area contributed by atoms with Gasteiger partial charge in [-0.2, -0.15) is 0 Å². The molecule has 1 atom stereocenters. The molecule has 0 saturated carbocycles. The van der Waals surface area contributed by atoms with E-state index in [1.807, 2.05) is 42.9 Å². The number of thiazole rings is 1. The number of allylic oxidation sites excluding steroid dienone is 1. The summed E-state index contributed by atoms with van der Waals surface area (Å²) in [6.07, 6.45) is 3.12. The maximum atomic E-state index is 12.1. The summed E-state index contributed by atoms with van der Waals surface area (Å²) in [7, 11) is 0. The van der Waals surface area contributed by atoms with Crippen molar-refractivity contribution in [3.05, 3.63) is 59.4 Å². The van der Waals surface area contributed by atoms with Crippen LogP contribution in [-0.4, -0.2) is 31.4 Å². The SMILES string of the molecule is C=CCn1c(SCC(=O)Nc2nccs2)nnc1C(C)Oc1cc(C)cc(C)c1. The van der Waals surface area contributed by atoms with E-state index in [1.54, 1.807) is 12.3 Å². The number of hydrogen-bond acceptors (Lipinski definition) is 7. The number of aromatic nitrogens is 4. The molecule has 0 aliphatic rings. The number of carbonyl (C=O) groups excluding carboxylic acids is 1. The number of hydrogen-bond donors (Lipinski definition) is 1. The van der Waals surface area contributed by atoms with Crippen molar-refractivity contribution in [1.82, 2.24) is 19.7 Å². The molecule has 0 radical (unpaired) electrons. The van der Waals surface area contributed by atoms with Gasteiger partial charge in [0.05, 0.1) is 5.75 Å². The van der Waals surface area contributed by atoms with Crippen LogP contribution < -0.4 is 10.1 Å². The molecule has 9 heteroatoms. The lowest BCUT2D eigenvalue weighted by atomic mass is 10.1. The Balaban J connectivity index is 1.70. The standard InChI is InChI=1S/C20H23N5O2S2/c1-5-7-25-18(15(4)27-16-10-13(2)9-14(3)11-16)23-24-20(25)29-12-17(26)22-19-21-6-8-28-19/h5-6,8-11,15H,1,7,12H2,2-4H3,(H,21,22,26). The molecule has 0 aliphatic heterocycles. The van der Waals surface area contributed by atoms with E-state index in [0.717, 1.165) is 16.9 Å². The lowest BCUT2D eigenvalue weighted by Crippen LogP contribution is -2.15. The monoisotopic (exact) mass is 429 g/mol. The van der Waals surface area contributed by atoms with Gasteiger partial charge in [-0.25, -0.2) is 4.98 Å². The van der Waals surface area contributed by atoms with Gasteiger partial charge < -0.3 is 10.1 Å². The van der Waals surface area contributed by atoms with Crippen molar-refractivity contribution in [2.24, 2.45) is 0 Å². The molecule has 0 aliphatic carbocycles. The van der Waals surface area contributed by atoms with Crippen molar-refractivity contribution >= 4 is 34.1 Å². The zero-order chi connectivity index (χ0) is 20.8. The Bertz CT molecular complexity index is 965. The van der Waals surface area contributed by atoms with Crippen LogP contribution in [0.5, 0.6) is 5.75 Å². The summed E-state index contributed by atoms with van der Waals surface area (Å²) in [5.74, 6) is 1.55. The van der Waals surface area contributed by atoms with Crippen molar-refractivity contribution in [3.63, 3.8) is 0 Å². The number of carbonyl (C=O) groups is 1. The molecule has 0 bridgehead atoms. The molecule has 0 saturated heterocycles. The lowest BCUT2D eigenvalue weighted by Gasteiger charge is -2.16. The first-order valence-electron chi connectivity index (χ1n) is 9.07. The van der Waals surface area contributed by atoms with Crippen LogP contribution in [0, 0.1) is 13.8 Å². The Labute approximate surface area is 178 Å². The fourth-order valence-electron chi connectivity index (χ4n) is 2.84. The van der Waals surface area contributed by atoms with Gasteiger partial charge in [0, 0.05) is 18.1 Å². The highest BCUT2D eigenvalue weighted by Gasteiger charge is 2.20. The molecule has 1 unspecified atom stereocenters. The first kappa shape index (κ1) is 21.1. The highest BCUT2D eigenvalue weighted by molar-refractivity contribution is 7.99. The van der Waals surface area contributed by atoms with Gasteiger partial charge in [-0.05, 0) is 44.0 Å². The third-order valence-electron chi connectivity index (χ3n) is 3.94. The number of nitrogens with one attached hydrogen (secondary N) is 1. The fraction of sp³-hybridized carbons (Fsp3) is 0.300. The number of rotatable bonds is 9. The third-order valence-corrected chi connectivity index (χ3v) is 5.60. The molecule has 0 fully saturated rings. The van der Waals surface area contributed by atoms with Crippen molar-refractivity contribution in [3.8, 4) is 5.75 Å². The minimum atomic E-state index is -0.304. The number of aryl methyl sites for hydroxylation is 2. The minimum absolute atomic E-state index is 0.140. The van der Waals surface area contributed by atoms with Gasteiger partial charge in [0.25, 0.3) is 0 Å². The Morgan fingerprint density at radius 2 is 2.10 bits per heavy atom. The summed E-state index contributed by atoms with van der Waals surface area (Å²) in [4.78, 5) is 16.2. The normalized spacial score (nSPS) is 11.8. The van der Waals surface area contributed by atoms with Crippen LogP contribution in [0.3, 0.4) is 0 Å². The van der Waals surface area contributed by atoms with Gasteiger partial charge in [0.15, 0.2) is 22.2 Å². The molecule has 0 spiro atoms. The highest BCUT2D eigenvalue weighted by atomic mass is 32.2. The van der Waals surface area contributed by atoms with Crippen LogP contribution in [0.1, 0.15) is 30.0 Å². The summed E-state index contributed by atoms with van der Waals surface area (Å²) in [6.45, 7) is 10.4. The third kappa shape index (κ3) is 5.68. The predicted molar refractivity (Wildman–Crippen MR) is 117 cm³/mol. The van der Waals surface area contributed by atoms with Crippen LogP contribution in [0.15, 0.2) is 47.6 Å². The van der Waals surface area contributed by atoms with Crippen LogP contribution in [0.4, 0.5) is 5.13 Å².